The van der Waals surface area contributed by atoms with Crippen molar-refractivity contribution in [2.75, 3.05) is 24.7 Å². The molecule has 0 spiro atoms. The Balaban J connectivity index is 1.89. The number of ketones is 1. The maximum absolute atomic E-state index is 12.5. The fourth-order valence-corrected chi connectivity index (χ4v) is 3.37. The summed E-state index contributed by atoms with van der Waals surface area (Å²) >= 11 is 1.73. The predicted octanol–water partition coefficient (Wildman–Crippen LogP) is 4.12. The minimum atomic E-state index is 0.154. The molecule has 0 N–H and O–H groups in total. The van der Waals surface area contributed by atoms with Crippen LogP contribution in [-0.2, 0) is 0 Å². The molecule has 3 rings (SSSR count). The molecule has 0 saturated heterocycles. The average Bonchev–Trinajstić information content (AvgIpc) is 2.51. The monoisotopic (exact) mass is 295 g/mol. The summed E-state index contributed by atoms with van der Waals surface area (Å²) in [6.07, 6.45) is 2.00. The van der Waals surface area contributed by atoms with Gasteiger partial charge in [-0.05, 0) is 35.9 Å². The Morgan fingerprint density at radius 3 is 2.48 bits per heavy atom. The molecule has 1 aliphatic heterocycles. The Hall–Kier alpha value is -2.00. The van der Waals surface area contributed by atoms with E-state index >= 15 is 0 Å². The van der Waals surface area contributed by atoms with Crippen LogP contribution in [0.15, 0.2) is 59.0 Å². The van der Waals surface area contributed by atoms with E-state index in [1.165, 1.54) is 0 Å². The quantitative estimate of drug-likeness (QED) is 0.777. The zero-order valence-corrected chi connectivity index (χ0v) is 13.0. The molecule has 0 atom stereocenters. The van der Waals surface area contributed by atoms with Crippen LogP contribution in [0.25, 0.3) is 6.08 Å². The Kier molecular flexibility index (Phi) is 3.84. The van der Waals surface area contributed by atoms with Crippen molar-refractivity contribution in [3.8, 4) is 0 Å². The van der Waals surface area contributed by atoms with Gasteiger partial charge in [-0.3, -0.25) is 4.79 Å². The fourth-order valence-electron chi connectivity index (χ4n) is 2.35. The average molecular weight is 295 g/mol. The van der Waals surface area contributed by atoms with Gasteiger partial charge in [0.1, 0.15) is 0 Å². The highest BCUT2D eigenvalue weighted by molar-refractivity contribution is 7.99. The predicted molar refractivity (Wildman–Crippen MR) is 90.2 cm³/mol. The van der Waals surface area contributed by atoms with Crippen LogP contribution in [0, 0.1) is 0 Å². The van der Waals surface area contributed by atoms with Crippen LogP contribution in [0.1, 0.15) is 15.9 Å². The number of Topliss-reactive ketones (excluding diaryl/α,β-unsaturated/α-hetero) is 1. The summed E-state index contributed by atoms with van der Waals surface area (Å²) < 4.78 is 0. The van der Waals surface area contributed by atoms with Gasteiger partial charge < -0.3 is 4.90 Å². The maximum atomic E-state index is 12.5. The van der Waals surface area contributed by atoms with Gasteiger partial charge in [0.05, 0.1) is 0 Å². The lowest BCUT2D eigenvalue weighted by atomic mass is 10.0. The topological polar surface area (TPSA) is 20.3 Å². The van der Waals surface area contributed by atoms with Crippen LogP contribution in [0.5, 0.6) is 0 Å². The van der Waals surface area contributed by atoms with Crippen LogP contribution in [0.2, 0.25) is 0 Å². The molecule has 2 aromatic carbocycles. The van der Waals surface area contributed by atoms with Crippen molar-refractivity contribution in [1.82, 2.24) is 0 Å². The van der Waals surface area contributed by atoms with E-state index in [2.05, 4.69) is 29.2 Å². The zero-order chi connectivity index (χ0) is 14.8. The minimum absolute atomic E-state index is 0.154. The molecule has 3 heteroatoms. The van der Waals surface area contributed by atoms with Crippen molar-refractivity contribution in [3.05, 3.63) is 65.2 Å². The van der Waals surface area contributed by atoms with Crippen molar-refractivity contribution in [1.29, 1.82) is 0 Å². The molecule has 0 bridgehead atoms. The first kappa shape index (κ1) is 14.0. The van der Waals surface area contributed by atoms with E-state index in [1.807, 2.05) is 44.4 Å². The van der Waals surface area contributed by atoms with E-state index in [0.717, 1.165) is 33.0 Å². The van der Waals surface area contributed by atoms with Crippen molar-refractivity contribution >= 4 is 29.3 Å². The van der Waals surface area contributed by atoms with Gasteiger partial charge in [0.15, 0.2) is 5.78 Å². The Morgan fingerprint density at radius 2 is 1.76 bits per heavy atom. The van der Waals surface area contributed by atoms with Gasteiger partial charge in [0.2, 0.25) is 0 Å². The standard InChI is InChI=1S/C18H17NOS/c1-19(2)15-9-7-13(8-10-15)11-14-12-21-17-6-4-3-5-16(17)18(14)20/h3-11H,12H2,1-2H3/b14-11+. The van der Waals surface area contributed by atoms with Crippen LogP contribution >= 0.6 is 11.8 Å². The third-order valence-electron chi connectivity index (χ3n) is 3.56. The van der Waals surface area contributed by atoms with E-state index in [0.29, 0.717) is 0 Å². The molecule has 0 fully saturated rings. The molecule has 0 amide bonds. The summed E-state index contributed by atoms with van der Waals surface area (Å²) in [5, 5.41) is 0. The van der Waals surface area contributed by atoms with Gasteiger partial charge in [-0.2, -0.15) is 0 Å². The lowest BCUT2D eigenvalue weighted by molar-refractivity contribution is 0.103. The van der Waals surface area contributed by atoms with Crippen LogP contribution in [0.4, 0.5) is 5.69 Å². The third kappa shape index (κ3) is 2.88. The first-order valence-corrected chi connectivity index (χ1v) is 7.88. The smallest absolute Gasteiger partial charge is 0.191 e. The van der Waals surface area contributed by atoms with E-state index in [1.54, 1.807) is 11.8 Å². The second-order valence-corrected chi connectivity index (χ2v) is 6.29. The van der Waals surface area contributed by atoms with Gasteiger partial charge in [0, 0.05) is 41.6 Å². The molecular formula is C18H17NOS. The molecule has 1 aliphatic rings. The van der Waals surface area contributed by atoms with Crippen LogP contribution in [0.3, 0.4) is 0 Å². The first-order chi connectivity index (χ1) is 10.1. The second kappa shape index (κ2) is 5.78. The molecule has 106 valence electrons. The minimum Gasteiger partial charge on any atom is -0.378 e. The number of fused-ring (bicyclic) bond motifs is 1. The van der Waals surface area contributed by atoms with Gasteiger partial charge in [0.25, 0.3) is 0 Å². The molecule has 2 aromatic rings. The molecule has 0 unspecified atom stereocenters. The summed E-state index contributed by atoms with van der Waals surface area (Å²) in [5.74, 6) is 0.895. The highest BCUT2D eigenvalue weighted by Crippen LogP contribution is 2.33. The molecule has 1 heterocycles. The molecule has 0 saturated carbocycles. The number of anilines is 1. The SMILES string of the molecule is CN(C)c1ccc(/C=C2\CSc3ccccc3C2=O)cc1. The van der Waals surface area contributed by atoms with Gasteiger partial charge >= 0.3 is 0 Å². The normalized spacial score (nSPS) is 15.9. The largest absolute Gasteiger partial charge is 0.378 e. The highest BCUT2D eigenvalue weighted by Gasteiger charge is 2.21. The van der Waals surface area contributed by atoms with Gasteiger partial charge in [-0.25, -0.2) is 0 Å². The van der Waals surface area contributed by atoms with E-state index in [-0.39, 0.29) is 5.78 Å². The number of hydrogen-bond donors (Lipinski definition) is 0. The number of nitrogens with zero attached hydrogens (tertiary/aromatic N) is 1. The zero-order valence-electron chi connectivity index (χ0n) is 12.2. The van der Waals surface area contributed by atoms with E-state index in [4.69, 9.17) is 0 Å². The summed E-state index contributed by atoms with van der Waals surface area (Å²) in [6, 6.07) is 16.1. The van der Waals surface area contributed by atoms with Crippen molar-refractivity contribution in [3.63, 3.8) is 0 Å². The Morgan fingerprint density at radius 1 is 1.05 bits per heavy atom. The van der Waals surface area contributed by atoms with Gasteiger partial charge in [-0.15, -0.1) is 11.8 Å². The molecular weight excluding hydrogens is 278 g/mol. The molecule has 21 heavy (non-hydrogen) atoms. The Labute approximate surface area is 129 Å². The van der Waals surface area contributed by atoms with Crippen molar-refractivity contribution in [2.24, 2.45) is 0 Å². The van der Waals surface area contributed by atoms with Crippen LogP contribution < -0.4 is 4.90 Å². The summed E-state index contributed by atoms with van der Waals surface area (Å²) in [4.78, 5) is 15.7. The molecule has 0 aliphatic carbocycles. The van der Waals surface area contributed by atoms with E-state index in [9.17, 15) is 4.79 Å². The summed E-state index contributed by atoms with van der Waals surface area (Å²) in [5.41, 5.74) is 3.93. The first-order valence-electron chi connectivity index (χ1n) is 6.89. The second-order valence-electron chi connectivity index (χ2n) is 5.27. The summed E-state index contributed by atoms with van der Waals surface area (Å²) in [6.45, 7) is 0. The molecule has 0 aromatic heterocycles. The molecule has 0 radical (unpaired) electrons. The lowest BCUT2D eigenvalue weighted by Gasteiger charge is -2.17. The van der Waals surface area contributed by atoms with Crippen molar-refractivity contribution < 1.29 is 4.79 Å². The third-order valence-corrected chi connectivity index (χ3v) is 4.68. The highest BCUT2D eigenvalue weighted by atomic mass is 32.2. The lowest BCUT2D eigenvalue weighted by Crippen LogP contribution is -2.12. The number of thioether (sulfide) groups is 1. The van der Waals surface area contributed by atoms with Gasteiger partial charge in [-0.1, -0.05) is 24.3 Å². The number of carbonyl (C=O) groups excluding carboxylic acids is 1. The Bertz CT molecular complexity index is 701. The fraction of sp³-hybridized carbons (Fsp3) is 0.167. The van der Waals surface area contributed by atoms with Crippen LogP contribution in [-0.4, -0.2) is 25.6 Å². The van der Waals surface area contributed by atoms with Crippen molar-refractivity contribution in [2.45, 2.75) is 4.90 Å². The maximum Gasteiger partial charge on any atom is 0.191 e. The molecule has 2 nitrogen and oxygen atoms in total. The number of hydrogen-bond acceptors (Lipinski definition) is 3. The number of benzene rings is 2. The number of carbonyl (C=O) groups is 1. The van der Waals surface area contributed by atoms with E-state index < -0.39 is 0 Å². The summed E-state index contributed by atoms with van der Waals surface area (Å²) in [7, 11) is 4.04. The number of rotatable bonds is 2.